The molecule has 0 aliphatic carbocycles. The fraction of sp³-hybridized carbons (Fsp3) is 0.409. The van der Waals surface area contributed by atoms with Gasteiger partial charge in [-0.3, -0.25) is 4.79 Å². The van der Waals surface area contributed by atoms with Crippen LogP contribution in [0.2, 0.25) is 0 Å². The van der Waals surface area contributed by atoms with E-state index in [0.29, 0.717) is 12.1 Å². The molecule has 1 aliphatic rings. The summed E-state index contributed by atoms with van der Waals surface area (Å²) in [5, 5.41) is 2.65. The van der Waals surface area contributed by atoms with Crippen LogP contribution in [0.3, 0.4) is 0 Å². The van der Waals surface area contributed by atoms with Gasteiger partial charge in [-0.15, -0.1) is 0 Å². The summed E-state index contributed by atoms with van der Waals surface area (Å²) in [7, 11) is -7.27. The first-order valence-electron chi connectivity index (χ1n) is 10.3. The van der Waals surface area contributed by atoms with Crippen molar-refractivity contribution in [2.24, 2.45) is 0 Å². The van der Waals surface area contributed by atoms with Gasteiger partial charge in [0, 0.05) is 18.2 Å². The van der Waals surface area contributed by atoms with Crippen molar-refractivity contribution in [3.05, 3.63) is 53.6 Å². The molecule has 0 bridgehead atoms. The maximum absolute atomic E-state index is 13.2. The first-order chi connectivity index (χ1) is 14.6. The molecule has 1 heterocycles. The van der Waals surface area contributed by atoms with Crippen LogP contribution in [0, 0.1) is 6.92 Å². The van der Waals surface area contributed by atoms with Gasteiger partial charge >= 0.3 is 0 Å². The Morgan fingerprint density at radius 2 is 1.81 bits per heavy atom. The van der Waals surface area contributed by atoms with E-state index in [1.54, 1.807) is 25.1 Å². The molecule has 1 unspecified atom stereocenters. The number of hydrogen-bond acceptors (Lipinski definition) is 5. The number of carbonyl (C=O) groups excluding carboxylic acids is 1. The lowest BCUT2D eigenvalue weighted by molar-refractivity contribution is 0.102. The Balaban J connectivity index is 1.96. The zero-order chi connectivity index (χ0) is 22.8. The fourth-order valence-corrected chi connectivity index (χ4v) is 6.53. The molecule has 2 aromatic carbocycles. The molecule has 9 heteroatoms. The van der Waals surface area contributed by atoms with Crippen LogP contribution in [0.4, 0.5) is 5.69 Å². The smallest absolute Gasteiger partial charge is 0.256 e. The molecule has 0 radical (unpaired) electrons. The van der Waals surface area contributed by atoms with E-state index in [1.165, 1.54) is 35.5 Å². The summed E-state index contributed by atoms with van der Waals surface area (Å²) in [6, 6.07) is 10.6. The van der Waals surface area contributed by atoms with Crippen LogP contribution < -0.4 is 5.32 Å². The monoisotopic (exact) mass is 464 g/mol. The number of anilines is 1. The average molecular weight is 465 g/mol. The highest BCUT2D eigenvalue weighted by molar-refractivity contribution is 7.91. The van der Waals surface area contributed by atoms with Gasteiger partial charge in [-0.1, -0.05) is 31.5 Å². The van der Waals surface area contributed by atoms with Gasteiger partial charge in [-0.25, -0.2) is 16.8 Å². The minimum Gasteiger partial charge on any atom is -0.321 e. The summed E-state index contributed by atoms with van der Waals surface area (Å²) in [6.07, 6.45) is 2.61. The maximum atomic E-state index is 13.2. The van der Waals surface area contributed by atoms with Crippen LogP contribution in [0.15, 0.2) is 52.3 Å². The molecule has 168 valence electrons. The number of sulfonamides is 1. The maximum Gasteiger partial charge on any atom is 0.256 e. The Hall–Kier alpha value is -2.23. The molecule has 0 saturated carbocycles. The number of benzene rings is 2. The predicted molar refractivity (Wildman–Crippen MR) is 121 cm³/mol. The van der Waals surface area contributed by atoms with E-state index in [0.717, 1.165) is 19.3 Å². The number of nitrogens with zero attached hydrogens (tertiary/aromatic N) is 1. The van der Waals surface area contributed by atoms with E-state index in [9.17, 15) is 21.6 Å². The minimum atomic E-state index is -3.73. The summed E-state index contributed by atoms with van der Waals surface area (Å²) in [5.41, 5.74) is 0.958. The van der Waals surface area contributed by atoms with Gasteiger partial charge in [-0.05, 0) is 56.5 Å². The molecule has 0 spiro atoms. The van der Waals surface area contributed by atoms with Gasteiger partial charge in [0.25, 0.3) is 5.91 Å². The molecule has 1 amide bonds. The van der Waals surface area contributed by atoms with Crippen LogP contribution in [0.25, 0.3) is 0 Å². The van der Waals surface area contributed by atoms with Gasteiger partial charge in [0.15, 0.2) is 9.84 Å². The summed E-state index contributed by atoms with van der Waals surface area (Å²) >= 11 is 0. The molecule has 1 atom stereocenters. The lowest BCUT2D eigenvalue weighted by Crippen LogP contribution is -2.42. The number of aryl methyl sites for hydroxylation is 1. The fourth-order valence-electron chi connectivity index (χ4n) is 3.76. The molecule has 3 rings (SSSR count). The molecule has 1 aliphatic heterocycles. The number of nitrogens with one attached hydrogen (secondary N) is 1. The van der Waals surface area contributed by atoms with Crippen LogP contribution in [0.1, 0.15) is 49.0 Å². The highest BCUT2D eigenvalue weighted by Gasteiger charge is 2.31. The number of carbonyl (C=O) groups is 1. The first kappa shape index (κ1) is 23.4. The van der Waals surface area contributed by atoms with Crippen molar-refractivity contribution >= 4 is 31.5 Å². The summed E-state index contributed by atoms with van der Waals surface area (Å²) < 4.78 is 52.6. The van der Waals surface area contributed by atoms with Crippen molar-refractivity contribution in [3.63, 3.8) is 0 Å². The molecule has 1 fully saturated rings. The molecule has 1 saturated heterocycles. The van der Waals surface area contributed by atoms with Crippen molar-refractivity contribution in [2.75, 3.05) is 17.6 Å². The zero-order valence-electron chi connectivity index (χ0n) is 18.0. The van der Waals surface area contributed by atoms with Crippen molar-refractivity contribution in [2.45, 2.75) is 55.9 Å². The van der Waals surface area contributed by atoms with Crippen molar-refractivity contribution in [1.29, 1.82) is 0 Å². The van der Waals surface area contributed by atoms with Gasteiger partial charge in [0.1, 0.15) is 0 Å². The van der Waals surface area contributed by atoms with E-state index in [2.05, 4.69) is 5.32 Å². The summed E-state index contributed by atoms with van der Waals surface area (Å²) in [6.45, 7) is 5.60. The number of amides is 1. The van der Waals surface area contributed by atoms with Crippen LogP contribution in [-0.2, 0) is 19.9 Å². The second-order valence-corrected chi connectivity index (χ2v) is 11.9. The third kappa shape index (κ3) is 4.83. The predicted octanol–water partition coefficient (Wildman–Crippen LogP) is 3.60. The minimum absolute atomic E-state index is 0.0365. The van der Waals surface area contributed by atoms with E-state index in [4.69, 9.17) is 0 Å². The second kappa shape index (κ2) is 9.10. The number of piperidine rings is 1. The highest BCUT2D eigenvalue weighted by Crippen LogP contribution is 2.27. The third-order valence-corrected chi connectivity index (χ3v) is 9.45. The molecule has 31 heavy (non-hydrogen) atoms. The Bertz CT molecular complexity index is 1190. The van der Waals surface area contributed by atoms with E-state index in [1.807, 2.05) is 6.92 Å². The Kier molecular flexibility index (Phi) is 6.88. The molecule has 0 aromatic heterocycles. The van der Waals surface area contributed by atoms with Gasteiger partial charge in [-0.2, -0.15) is 4.31 Å². The molecular weight excluding hydrogens is 436 g/mol. The Morgan fingerprint density at radius 1 is 1.10 bits per heavy atom. The van der Waals surface area contributed by atoms with Crippen LogP contribution in [0.5, 0.6) is 0 Å². The lowest BCUT2D eigenvalue weighted by atomic mass is 10.1. The lowest BCUT2D eigenvalue weighted by Gasteiger charge is -2.32. The van der Waals surface area contributed by atoms with E-state index < -0.39 is 25.8 Å². The molecule has 1 N–H and O–H groups in total. The van der Waals surface area contributed by atoms with Crippen molar-refractivity contribution in [3.8, 4) is 0 Å². The summed E-state index contributed by atoms with van der Waals surface area (Å²) in [5.74, 6) is -0.652. The van der Waals surface area contributed by atoms with Crippen LogP contribution in [-0.4, -0.2) is 45.4 Å². The second-order valence-electron chi connectivity index (χ2n) is 7.79. The van der Waals surface area contributed by atoms with Crippen LogP contribution >= 0.6 is 0 Å². The Labute approximate surface area is 184 Å². The topological polar surface area (TPSA) is 101 Å². The highest BCUT2D eigenvalue weighted by atomic mass is 32.2. The van der Waals surface area contributed by atoms with Gasteiger partial charge in [0.2, 0.25) is 10.0 Å². The first-order valence-corrected chi connectivity index (χ1v) is 13.4. The standard InChI is InChI=1S/C22H28N2O5S2/c1-4-30(26,27)21-11-6-5-10-20(21)23-22(25)19-15-18(13-12-16(19)2)31(28,29)24-14-8-7-9-17(24)3/h5-6,10-13,15,17H,4,7-9,14H2,1-3H3,(H,23,25). The normalized spacial score (nSPS) is 18.0. The Morgan fingerprint density at radius 3 is 2.48 bits per heavy atom. The van der Waals surface area contributed by atoms with Crippen molar-refractivity contribution < 1.29 is 21.6 Å². The SMILES string of the molecule is CCS(=O)(=O)c1ccccc1NC(=O)c1cc(S(=O)(=O)N2CCCCC2C)ccc1C. The van der Waals surface area contributed by atoms with Gasteiger partial charge in [0.05, 0.1) is 21.2 Å². The zero-order valence-corrected chi connectivity index (χ0v) is 19.6. The van der Waals surface area contributed by atoms with Gasteiger partial charge < -0.3 is 5.32 Å². The largest absolute Gasteiger partial charge is 0.321 e. The number of hydrogen-bond donors (Lipinski definition) is 1. The van der Waals surface area contributed by atoms with E-state index in [-0.39, 0.29) is 32.8 Å². The number of rotatable bonds is 6. The molecule has 7 nitrogen and oxygen atoms in total. The van der Waals surface area contributed by atoms with Crippen molar-refractivity contribution in [1.82, 2.24) is 4.31 Å². The quantitative estimate of drug-likeness (QED) is 0.704. The molecular formula is C22H28N2O5S2. The summed E-state index contributed by atoms with van der Waals surface area (Å²) in [4.78, 5) is 13.1. The average Bonchev–Trinajstić information content (AvgIpc) is 2.74. The molecule has 2 aromatic rings. The number of para-hydroxylation sites is 1. The number of sulfone groups is 1. The van der Waals surface area contributed by atoms with E-state index >= 15 is 0 Å². The third-order valence-electron chi connectivity index (χ3n) is 5.65.